The Hall–Kier alpha value is -0.810. The molecule has 2 fully saturated rings. The first-order valence-electron chi connectivity index (χ1n) is 6.84. The number of carbonyl (C=O) groups is 1. The van der Waals surface area contributed by atoms with Crippen molar-refractivity contribution < 1.29 is 9.53 Å². The van der Waals surface area contributed by atoms with Crippen LogP contribution in [0.4, 0.5) is 4.79 Å². The average Bonchev–Trinajstić information content (AvgIpc) is 2.82. The molecule has 0 aromatic heterocycles. The van der Waals surface area contributed by atoms with Crippen molar-refractivity contribution in [3.63, 3.8) is 0 Å². The Balaban J connectivity index is 1.91. The maximum Gasteiger partial charge on any atom is 0.410 e. The van der Waals surface area contributed by atoms with Crippen LogP contribution < -0.4 is 5.73 Å². The molecule has 18 heavy (non-hydrogen) atoms. The summed E-state index contributed by atoms with van der Waals surface area (Å²) in [6, 6.07) is 0.357. The molecule has 2 aliphatic heterocycles. The SMILES string of the molecule is CC(C)(C)OC(=O)N1C[C@H](N)[C@@H](N2CCCC2)C1. The number of nitrogens with zero attached hydrogens (tertiary/aromatic N) is 2. The van der Waals surface area contributed by atoms with Gasteiger partial charge in [-0.25, -0.2) is 4.79 Å². The van der Waals surface area contributed by atoms with Crippen LogP contribution in [0.15, 0.2) is 0 Å². The molecule has 0 spiro atoms. The number of hydrogen-bond acceptors (Lipinski definition) is 4. The average molecular weight is 255 g/mol. The highest BCUT2D eigenvalue weighted by Gasteiger charge is 2.38. The highest BCUT2D eigenvalue weighted by molar-refractivity contribution is 5.68. The van der Waals surface area contributed by atoms with Gasteiger partial charge in [-0.2, -0.15) is 0 Å². The monoisotopic (exact) mass is 255 g/mol. The Morgan fingerprint density at radius 3 is 2.39 bits per heavy atom. The highest BCUT2D eigenvalue weighted by atomic mass is 16.6. The predicted molar refractivity (Wildman–Crippen MR) is 70.4 cm³/mol. The van der Waals surface area contributed by atoms with E-state index in [4.69, 9.17) is 10.5 Å². The summed E-state index contributed by atoms with van der Waals surface area (Å²) in [7, 11) is 0. The second-order valence-corrected chi connectivity index (χ2v) is 6.36. The lowest BCUT2D eigenvalue weighted by molar-refractivity contribution is 0.0281. The van der Waals surface area contributed by atoms with Gasteiger partial charge in [0, 0.05) is 25.2 Å². The first-order valence-corrected chi connectivity index (χ1v) is 6.84. The molecule has 0 aliphatic carbocycles. The van der Waals surface area contributed by atoms with Gasteiger partial charge in [0.2, 0.25) is 0 Å². The minimum atomic E-state index is -0.438. The third kappa shape index (κ3) is 3.14. The van der Waals surface area contributed by atoms with Gasteiger partial charge < -0.3 is 15.4 Å². The predicted octanol–water partition coefficient (Wildman–Crippen LogP) is 1.03. The van der Waals surface area contributed by atoms with Gasteiger partial charge in [-0.1, -0.05) is 0 Å². The zero-order valence-corrected chi connectivity index (χ0v) is 11.7. The van der Waals surface area contributed by atoms with Crippen molar-refractivity contribution in [1.82, 2.24) is 9.80 Å². The Bertz CT molecular complexity index is 308. The van der Waals surface area contributed by atoms with Gasteiger partial charge in [-0.15, -0.1) is 0 Å². The van der Waals surface area contributed by atoms with Gasteiger partial charge in [-0.3, -0.25) is 4.90 Å². The maximum atomic E-state index is 12.0. The van der Waals surface area contributed by atoms with E-state index in [0.29, 0.717) is 19.1 Å². The van der Waals surface area contributed by atoms with Crippen LogP contribution in [-0.2, 0) is 4.74 Å². The van der Waals surface area contributed by atoms with E-state index in [9.17, 15) is 4.79 Å². The van der Waals surface area contributed by atoms with Crippen LogP contribution >= 0.6 is 0 Å². The van der Waals surface area contributed by atoms with Crippen molar-refractivity contribution >= 4 is 6.09 Å². The zero-order chi connectivity index (χ0) is 13.3. The van der Waals surface area contributed by atoms with Crippen molar-refractivity contribution in [3.8, 4) is 0 Å². The third-order valence-electron chi connectivity index (χ3n) is 3.59. The molecule has 0 aromatic carbocycles. The van der Waals surface area contributed by atoms with E-state index in [0.717, 1.165) is 13.1 Å². The summed E-state index contributed by atoms with van der Waals surface area (Å²) in [5.74, 6) is 0. The lowest BCUT2D eigenvalue weighted by Gasteiger charge is -2.26. The molecule has 2 rings (SSSR count). The first-order chi connectivity index (χ1) is 8.37. The number of likely N-dealkylation sites (tertiary alicyclic amines) is 2. The molecule has 2 N–H and O–H groups in total. The quantitative estimate of drug-likeness (QED) is 0.760. The van der Waals surface area contributed by atoms with Crippen LogP contribution in [0.3, 0.4) is 0 Å². The van der Waals surface area contributed by atoms with Crippen LogP contribution in [0.5, 0.6) is 0 Å². The summed E-state index contributed by atoms with van der Waals surface area (Å²) >= 11 is 0. The largest absolute Gasteiger partial charge is 0.444 e. The zero-order valence-electron chi connectivity index (χ0n) is 11.7. The lowest BCUT2D eigenvalue weighted by Crippen LogP contribution is -2.45. The summed E-state index contributed by atoms with van der Waals surface area (Å²) in [4.78, 5) is 16.2. The van der Waals surface area contributed by atoms with Crippen molar-refractivity contribution in [2.45, 2.75) is 51.3 Å². The van der Waals surface area contributed by atoms with Crippen LogP contribution in [0.2, 0.25) is 0 Å². The van der Waals surface area contributed by atoms with E-state index in [1.165, 1.54) is 12.8 Å². The summed E-state index contributed by atoms with van der Waals surface area (Å²) in [5.41, 5.74) is 5.72. The Kier molecular flexibility index (Phi) is 3.82. The molecule has 1 amide bonds. The summed E-state index contributed by atoms with van der Waals surface area (Å²) in [5, 5.41) is 0. The summed E-state index contributed by atoms with van der Waals surface area (Å²) < 4.78 is 5.39. The molecule has 0 unspecified atom stereocenters. The van der Waals surface area contributed by atoms with Crippen LogP contribution in [-0.4, -0.2) is 59.8 Å². The molecule has 5 nitrogen and oxygen atoms in total. The molecule has 0 aromatic rings. The van der Waals surface area contributed by atoms with Crippen molar-refractivity contribution in [3.05, 3.63) is 0 Å². The lowest BCUT2D eigenvalue weighted by atomic mass is 10.1. The van der Waals surface area contributed by atoms with Gasteiger partial charge in [0.25, 0.3) is 0 Å². The second-order valence-electron chi connectivity index (χ2n) is 6.36. The van der Waals surface area contributed by atoms with Gasteiger partial charge in [-0.05, 0) is 46.7 Å². The number of hydrogen-bond donors (Lipinski definition) is 1. The molecule has 0 bridgehead atoms. The molecule has 2 atom stereocenters. The fraction of sp³-hybridized carbons (Fsp3) is 0.923. The first kappa shape index (κ1) is 13.6. The van der Waals surface area contributed by atoms with E-state index in [1.54, 1.807) is 4.90 Å². The molecule has 2 aliphatic rings. The Morgan fingerprint density at radius 2 is 1.83 bits per heavy atom. The molecule has 2 heterocycles. The normalized spacial score (nSPS) is 29.9. The molecule has 104 valence electrons. The minimum Gasteiger partial charge on any atom is -0.444 e. The fourth-order valence-electron chi connectivity index (χ4n) is 2.75. The van der Waals surface area contributed by atoms with E-state index in [-0.39, 0.29) is 12.1 Å². The van der Waals surface area contributed by atoms with Crippen LogP contribution in [0.1, 0.15) is 33.6 Å². The van der Waals surface area contributed by atoms with Gasteiger partial charge >= 0.3 is 6.09 Å². The minimum absolute atomic E-state index is 0.0515. The number of amides is 1. The molecular formula is C13H25N3O2. The Morgan fingerprint density at radius 1 is 1.22 bits per heavy atom. The van der Waals surface area contributed by atoms with Crippen LogP contribution in [0, 0.1) is 0 Å². The van der Waals surface area contributed by atoms with E-state index >= 15 is 0 Å². The molecule has 0 radical (unpaired) electrons. The molecule has 2 saturated heterocycles. The topological polar surface area (TPSA) is 58.8 Å². The molecular weight excluding hydrogens is 230 g/mol. The second kappa shape index (κ2) is 5.05. The highest BCUT2D eigenvalue weighted by Crippen LogP contribution is 2.21. The smallest absolute Gasteiger partial charge is 0.410 e. The standard InChI is InChI=1S/C13H25N3O2/c1-13(2,3)18-12(17)16-8-10(14)11(9-16)15-6-4-5-7-15/h10-11H,4-9,14H2,1-3H3/t10-,11-/m0/s1. The number of carbonyl (C=O) groups excluding carboxylic acids is 1. The van der Waals surface area contributed by atoms with Crippen molar-refractivity contribution in [2.24, 2.45) is 5.73 Å². The van der Waals surface area contributed by atoms with E-state index in [2.05, 4.69) is 4.90 Å². The van der Waals surface area contributed by atoms with Gasteiger partial charge in [0.05, 0.1) is 0 Å². The van der Waals surface area contributed by atoms with Crippen molar-refractivity contribution in [1.29, 1.82) is 0 Å². The number of rotatable bonds is 1. The number of ether oxygens (including phenoxy) is 1. The van der Waals surface area contributed by atoms with Gasteiger partial charge in [0.15, 0.2) is 0 Å². The van der Waals surface area contributed by atoms with Crippen molar-refractivity contribution in [2.75, 3.05) is 26.2 Å². The molecule has 0 saturated carbocycles. The summed E-state index contributed by atoms with van der Waals surface area (Å²) in [6.07, 6.45) is 2.25. The summed E-state index contributed by atoms with van der Waals surface area (Å²) in [6.45, 7) is 9.20. The maximum absolute atomic E-state index is 12.0. The third-order valence-corrected chi connectivity index (χ3v) is 3.59. The van der Waals surface area contributed by atoms with Crippen LogP contribution in [0.25, 0.3) is 0 Å². The Labute approximate surface area is 109 Å². The van der Waals surface area contributed by atoms with E-state index in [1.807, 2.05) is 20.8 Å². The fourth-order valence-corrected chi connectivity index (χ4v) is 2.75. The van der Waals surface area contributed by atoms with E-state index < -0.39 is 5.60 Å². The van der Waals surface area contributed by atoms with Gasteiger partial charge in [0.1, 0.15) is 5.60 Å². The number of nitrogens with two attached hydrogens (primary N) is 1. The molecule has 5 heteroatoms.